The lowest BCUT2D eigenvalue weighted by molar-refractivity contribution is -0.132. The van der Waals surface area contributed by atoms with Gasteiger partial charge in [0.1, 0.15) is 12.3 Å². The molecule has 1 aliphatic rings. The average molecular weight is 436 g/mol. The second-order valence-electron chi connectivity index (χ2n) is 7.74. The Hall–Kier alpha value is -3.19. The van der Waals surface area contributed by atoms with E-state index in [1.165, 1.54) is 4.90 Å². The molecule has 0 bridgehead atoms. The molecular weight excluding hydrogens is 410 g/mol. The molecule has 31 heavy (non-hydrogen) atoms. The van der Waals surface area contributed by atoms with Crippen molar-refractivity contribution in [1.29, 1.82) is 0 Å². The average Bonchev–Trinajstić information content (AvgIpc) is 3.09. The lowest BCUT2D eigenvalue weighted by Crippen LogP contribution is -2.49. The Morgan fingerprint density at radius 3 is 2.61 bits per heavy atom. The summed E-state index contributed by atoms with van der Waals surface area (Å²) >= 11 is 1.63. The zero-order chi connectivity index (χ0) is 22.1. The number of carbonyl (C=O) groups is 2. The zero-order valence-corrected chi connectivity index (χ0v) is 18.9. The van der Waals surface area contributed by atoms with Gasteiger partial charge >= 0.3 is 0 Å². The zero-order valence-electron chi connectivity index (χ0n) is 18.1. The van der Waals surface area contributed by atoms with E-state index in [2.05, 4.69) is 4.98 Å². The molecule has 1 aromatic heterocycles. The van der Waals surface area contributed by atoms with Crippen molar-refractivity contribution in [1.82, 2.24) is 9.88 Å². The fourth-order valence-electron chi connectivity index (χ4n) is 3.72. The number of rotatable bonds is 5. The molecule has 4 rings (SSSR count). The number of fused-ring (bicyclic) bond motifs is 1. The third-order valence-corrected chi connectivity index (χ3v) is 6.21. The van der Waals surface area contributed by atoms with Crippen molar-refractivity contribution in [2.45, 2.75) is 33.4 Å². The molecule has 0 fully saturated rings. The number of likely N-dealkylation sites (N-methyl/N-ethyl adjacent to an activating group) is 1. The summed E-state index contributed by atoms with van der Waals surface area (Å²) in [6, 6.07) is 15.5. The monoisotopic (exact) mass is 435 g/mol. The van der Waals surface area contributed by atoms with Crippen LogP contribution in [0.5, 0.6) is 5.75 Å². The number of amides is 2. The standard InChI is InChI=1S/C24H25N3O3S/c1-15-24(29)27(14-22(28)26(4)13-18-8-6-5-7-9-18)20-12-19(10-11-21(20)30-15)23-16(2)31-17(3)25-23/h5-12,15H,13-14H2,1-4H3. The Balaban J connectivity index is 1.62. The van der Waals surface area contributed by atoms with Crippen LogP contribution in [0, 0.1) is 13.8 Å². The highest BCUT2D eigenvalue weighted by molar-refractivity contribution is 7.11. The third kappa shape index (κ3) is 4.32. The smallest absolute Gasteiger partial charge is 0.268 e. The largest absolute Gasteiger partial charge is 0.479 e. The highest BCUT2D eigenvalue weighted by Crippen LogP contribution is 2.38. The highest BCUT2D eigenvalue weighted by Gasteiger charge is 2.33. The maximum Gasteiger partial charge on any atom is 0.268 e. The molecule has 0 spiro atoms. The third-order valence-electron chi connectivity index (χ3n) is 5.33. The number of carbonyl (C=O) groups excluding carboxylic acids is 2. The number of hydrogen-bond donors (Lipinski definition) is 0. The first-order valence-corrected chi connectivity index (χ1v) is 11.0. The van der Waals surface area contributed by atoms with Gasteiger partial charge in [0.2, 0.25) is 5.91 Å². The molecule has 0 saturated carbocycles. The Morgan fingerprint density at radius 2 is 1.94 bits per heavy atom. The first-order valence-electron chi connectivity index (χ1n) is 10.2. The summed E-state index contributed by atoms with van der Waals surface area (Å²) in [5.74, 6) is 0.236. The van der Waals surface area contributed by atoms with Gasteiger partial charge in [0.15, 0.2) is 6.10 Å². The van der Waals surface area contributed by atoms with Crippen LogP contribution in [-0.4, -0.2) is 41.4 Å². The molecule has 2 aromatic carbocycles. The summed E-state index contributed by atoms with van der Waals surface area (Å²) in [4.78, 5) is 34.8. The lowest BCUT2D eigenvalue weighted by Gasteiger charge is -2.33. The number of aromatic nitrogens is 1. The summed E-state index contributed by atoms with van der Waals surface area (Å²) in [6.45, 7) is 6.15. The van der Waals surface area contributed by atoms with Crippen LogP contribution in [0.25, 0.3) is 11.3 Å². The first kappa shape index (κ1) is 21.1. The van der Waals surface area contributed by atoms with Gasteiger partial charge in [-0.1, -0.05) is 30.3 Å². The molecule has 2 amide bonds. The van der Waals surface area contributed by atoms with Crippen molar-refractivity contribution in [3.05, 3.63) is 64.0 Å². The van der Waals surface area contributed by atoms with Crippen LogP contribution in [-0.2, 0) is 16.1 Å². The molecule has 3 aromatic rings. The number of hydrogen-bond acceptors (Lipinski definition) is 5. The number of nitrogens with zero attached hydrogens (tertiary/aromatic N) is 3. The summed E-state index contributed by atoms with van der Waals surface area (Å²) in [6.07, 6.45) is -0.645. The van der Waals surface area contributed by atoms with E-state index in [1.807, 2.05) is 62.4 Å². The molecule has 0 aliphatic carbocycles. The van der Waals surface area contributed by atoms with E-state index in [0.717, 1.165) is 26.7 Å². The molecule has 0 radical (unpaired) electrons. The predicted octanol–water partition coefficient (Wildman–Crippen LogP) is 4.20. The first-order chi connectivity index (χ1) is 14.8. The Bertz CT molecular complexity index is 1130. The molecule has 1 atom stereocenters. The Labute approximate surface area is 186 Å². The number of aryl methyl sites for hydroxylation is 2. The van der Waals surface area contributed by atoms with Crippen LogP contribution in [0.2, 0.25) is 0 Å². The van der Waals surface area contributed by atoms with Gasteiger partial charge in [-0.2, -0.15) is 0 Å². The van der Waals surface area contributed by atoms with Crippen molar-refractivity contribution < 1.29 is 14.3 Å². The van der Waals surface area contributed by atoms with E-state index in [9.17, 15) is 9.59 Å². The van der Waals surface area contributed by atoms with Crippen LogP contribution < -0.4 is 9.64 Å². The van der Waals surface area contributed by atoms with E-state index < -0.39 is 6.10 Å². The van der Waals surface area contributed by atoms with Gasteiger partial charge in [0.25, 0.3) is 5.91 Å². The topological polar surface area (TPSA) is 62.7 Å². The molecule has 2 heterocycles. The Kier molecular flexibility index (Phi) is 5.78. The van der Waals surface area contributed by atoms with Crippen LogP contribution in [0.4, 0.5) is 5.69 Å². The van der Waals surface area contributed by atoms with Crippen LogP contribution in [0.15, 0.2) is 48.5 Å². The number of benzene rings is 2. The van der Waals surface area contributed by atoms with Gasteiger partial charge in [-0.15, -0.1) is 11.3 Å². The SMILES string of the molecule is Cc1nc(-c2ccc3c(c2)N(CC(=O)N(C)Cc2ccccc2)C(=O)C(C)O3)c(C)s1. The summed E-state index contributed by atoms with van der Waals surface area (Å²) in [5, 5.41) is 0.987. The molecule has 1 aliphatic heterocycles. The summed E-state index contributed by atoms with van der Waals surface area (Å²) in [7, 11) is 1.75. The van der Waals surface area contributed by atoms with E-state index >= 15 is 0 Å². The fourth-order valence-corrected chi connectivity index (χ4v) is 4.56. The van der Waals surface area contributed by atoms with Crippen molar-refractivity contribution in [2.24, 2.45) is 0 Å². The maximum atomic E-state index is 13.0. The van der Waals surface area contributed by atoms with Gasteiger partial charge in [0, 0.05) is 24.0 Å². The van der Waals surface area contributed by atoms with E-state index in [1.54, 1.807) is 30.2 Å². The van der Waals surface area contributed by atoms with Crippen LogP contribution in [0.3, 0.4) is 0 Å². The van der Waals surface area contributed by atoms with Crippen molar-refractivity contribution in [2.75, 3.05) is 18.5 Å². The molecule has 160 valence electrons. The molecule has 6 nitrogen and oxygen atoms in total. The van der Waals surface area contributed by atoms with Gasteiger partial charge in [-0.25, -0.2) is 4.98 Å². The predicted molar refractivity (Wildman–Crippen MR) is 122 cm³/mol. The normalized spacial score (nSPS) is 15.4. The minimum atomic E-state index is -0.645. The molecule has 1 unspecified atom stereocenters. The molecule has 0 saturated heterocycles. The quantitative estimate of drug-likeness (QED) is 0.603. The summed E-state index contributed by atoms with van der Waals surface area (Å²) in [5.41, 5.74) is 3.44. The van der Waals surface area contributed by atoms with Gasteiger partial charge in [-0.3, -0.25) is 14.5 Å². The van der Waals surface area contributed by atoms with Gasteiger partial charge in [0.05, 0.1) is 16.4 Å². The van der Waals surface area contributed by atoms with Crippen LogP contribution >= 0.6 is 11.3 Å². The minimum Gasteiger partial charge on any atom is -0.479 e. The second-order valence-corrected chi connectivity index (χ2v) is 9.15. The highest BCUT2D eigenvalue weighted by atomic mass is 32.1. The summed E-state index contributed by atoms with van der Waals surface area (Å²) < 4.78 is 5.80. The maximum absolute atomic E-state index is 13.0. The van der Waals surface area contributed by atoms with Gasteiger partial charge < -0.3 is 9.64 Å². The number of ether oxygens (including phenoxy) is 1. The molecule has 7 heteroatoms. The van der Waals surface area contributed by atoms with E-state index in [-0.39, 0.29) is 18.4 Å². The lowest BCUT2D eigenvalue weighted by atomic mass is 10.1. The Morgan fingerprint density at radius 1 is 1.19 bits per heavy atom. The van der Waals surface area contributed by atoms with Crippen molar-refractivity contribution in [3.8, 4) is 17.0 Å². The fraction of sp³-hybridized carbons (Fsp3) is 0.292. The number of anilines is 1. The number of thiazole rings is 1. The van der Waals surface area contributed by atoms with E-state index in [0.29, 0.717) is 18.0 Å². The van der Waals surface area contributed by atoms with Crippen LogP contribution in [0.1, 0.15) is 22.4 Å². The van der Waals surface area contributed by atoms with Gasteiger partial charge in [-0.05, 0) is 44.5 Å². The van der Waals surface area contributed by atoms with Crippen molar-refractivity contribution >= 4 is 28.8 Å². The molecular formula is C24H25N3O3S. The molecule has 0 N–H and O–H groups in total. The van der Waals surface area contributed by atoms with Crippen molar-refractivity contribution in [3.63, 3.8) is 0 Å². The van der Waals surface area contributed by atoms with E-state index in [4.69, 9.17) is 4.74 Å². The second kappa shape index (κ2) is 8.51. The minimum absolute atomic E-state index is 0.0403.